The molecule has 0 aromatic heterocycles. The zero-order valence-electron chi connectivity index (χ0n) is 10.5. The third-order valence-electron chi connectivity index (χ3n) is 3.32. The van der Waals surface area contributed by atoms with Crippen molar-refractivity contribution in [3.63, 3.8) is 0 Å². The van der Waals surface area contributed by atoms with Gasteiger partial charge < -0.3 is 10.8 Å². The highest BCUT2D eigenvalue weighted by molar-refractivity contribution is 5.99. The Hall–Kier alpha value is -1.99. The molecule has 0 bridgehead atoms. The monoisotopic (exact) mass is 265 g/mol. The van der Waals surface area contributed by atoms with E-state index in [2.05, 4.69) is 6.58 Å². The molecule has 7 heteroatoms. The number of Topliss-reactive ketones (excluding diaryl/α,β-unsaturated/α-hetero) is 1. The minimum atomic E-state index is -1.15. The number of carbonyl (C=O) groups excluding carboxylic acids is 2. The molecule has 2 aliphatic heterocycles. The SMILES string of the molecule is C=CC(C(=O)O)C1=C(C(C)=O)CN2C[C@H](N)C(=O)N12. The van der Waals surface area contributed by atoms with Crippen LogP contribution >= 0.6 is 0 Å². The maximum absolute atomic E-state index is 12.0. The van der Waals surface area contributed by atoms with Crippen molar-refractivity contribution >= 4 is 17.7 Å². The lowest BCUT2D eigenvalue weighted by atomic mass is 9.98. The van der Waals surface area contributed by atoms with Gasteiger partial charge in [-0.15, -0.1) is 6.58 Å². The molecule has 0 spiro atoms. The van der Waals surface area contributed by atoms with E-state index in [-0.39, 0.29) is 30.5 Å². The van der Waals surface area contributed by atoms with Crippen LogP contribution < -0.4 is 5.73 Å². The molecule has 19 heavy (non-hydrogen) atoms. The van der Waals surface area contributed by atoms with Crippen molar-refractivity contribution in [2.45, 2.75) is 13.0 Å². The van der Waals surface area contributed by atoms with Gasteiger partial charge in [0.05, 0.1) is 5.70 Å². The van der Waals surface area contributed by atoms with Crippen LogP contribution in [0.1, 0.15) is 6.92 Å². The van der Waals surface area contributed by atoms with E-state index in [0.717, 1.165) is 0 Å². The van der Waals surface area contributed by atoms with Gasteiger partial charge in [-0.3, -0.25) is 14.4 Å². The summed E-state index contributed by atoms with van der Waals surface area (Å²) in [5, 5.41) is 12.0. The Labute approximate surface area is 109 Å². The van der Waals surface area contributed by atoms with E-state index < -0.39 is 17.9 Å². The summed E-state index contributed by atoms with van der Waals surface area (Å²) in [4.78, 5) is 34.9. The van der Waals surface area contributed by atoms with Gasteiger partial charge in [-0.1, -0.05) is 6.08 Å². The Kier molecular flexibility index (Phi) is 3.25. The zero-order valence-corrected chi connectivity index (χ0v) is 10.5. The molecule has 2 rings (SSSR count). The number of ketones is 1. The fraction of sp³-hybridized carbons (Fsp3) is 0.417. The molecule has 3 N–H and O–H groups in total. The van der Waals surface area contributed by atoms with Crippen molar-refractivity contribution in [3.8, 4) is 0 Å². The number of carboxylic acids is 1. The van der Waals surface area contributed by atoms with Gasteiger partial charge in [-0.2, -0.15) is 0 Å². The Morgan fingerprint density at radius 1 is 1.58 bits per heavy atom. The molecule has 1 fully saturated rings. The second-order valence-corrected chi connectivity index (χ2v) is 4.58. The van der Waals surface area contributed by atoms with E-state index in [0.29, 0.717) is 5.57 Å². The Morgan fingerprint density at radius 3 is 2.68 bits per heavy atom. The zero-order chi connectivity index (χ0) is 14.3. The summed E-state index contributed by atoms with van der Waals surface area (Å²) in [6.45, 7) is 5.31. The molecule has 0 aliphatic carbocycles. The summed E-state index contributed by atoms with van der Waals surface area (Å²) in [5.74, 6) is -2.89. The van der Waals surface area contributed by atoms with Crippen molar-refractivity contribution < 1.29 is 19.5 Å². The number of carbonyl (C=O) groups is 3. The van der Waals surface area contributed by atoms with Gasteiger partial charge in [0.1, 0.15) is 12.0 Å². The van der Waals surface area contributed by atoms with Crippen LogP contribution in [0.2, 0.25) is 0 Å². The van der Waals surface area contributed by atoms with Gasteiger partial charge in [0, 0.05) is 18.7 Å². The summed E-state index contributed by atoms with van der Waals surface area (Å²) >= 11 is 0. The lowest BCUT2D eigenvalue weighted by Crippen LogP contribution is -2.38. The highest BCUT2D eigenvalue weighted by atomic mass is 16.4. The van der Waals surface area contributed by atoms with Gasteiger partial charge >= 0.3 is 5.97 Å². The molecule has 102 valence electrons. The van der Waals surface area contributed by atoms with Crippen LogP contribution in [0.15, 0.2) is 23.9 Å². The van der Waals surface area contributed by atoms with Crippen LogP contribution in [0.5, 0.6) is 0 Å². The minimum Gasteiger partial charge on any atom is -0.481 e. The number of fused-ring (bicyclic) bond motifs is 1. The van der Waals surface area contributed by atoms with Crippen molar-refractivity contribution in [3.05, 3.63) is 23.9 Å². The van der Waals surface area contributed by atoms with E-state index in [1.807, 2.05) is 0 Å². The van der Waals surface area contributed by atoms with Crippen LogP contribution in [-0.4, -0.2) is 51.9 Å². The summed E-state index contributed by atoms with van der Waals surface area (Å²) in [6, 6.07) is -0.692. The molecule has 7 nitrogen and oxygen atoms in total. The summed E-state index contributed by atoms with van der Waals surface area (Å²) in [7, 11) is 0. The molecule has 0 radical (unpaired) electrons. The van der Waals surface area contributed by atoms with Gasteiger partial charge in [0.15, 0.2) is 5.78 Å². The average molecular weight is 265 g/mol. The van der Waals surface area contributed by atoms with E-state index in [9.17, 15) is 19.5 Å². The highest BCUT2D eigenvalue weighted by Crippen LogP contribution is 2.34. The Morgan fingerprint density at radius 2 is 2.21 bits per heavy atom. The third-order valence-corrected chi connectivity index (χ3v) is 3.32. The number of nitrogens with zero attached hydrogens (tertiary/aromatic N) is 2. The Bertz CT molecular complexity index is 511. The number of nitrogens with two attached hydrogens (primary N) is 1. The lowest BCUT2D eigenvalue weighted by Gasteiger charge is -2.24. The van der Waals surface area contributed by atoms with Crippen molar-refractivity contribution in [1.29, 1.82) is 0 Å². The van der Waals surface area contributed by atoms with E-state index in [4.69, 9.17) is 5.73 Å². The van der Waals surface area contributed by atoms with E-state index >= 15 is 0 Å². The number of hydrogen-bond donors (Lipinski definition) is 2. The van der Waals surface area contributed by atoms with E-state index in [1.54, 1.807) is 5.01 Å². The second-order valence-electron chi connectivity index (χ2n) is 4.58. The molecule has 2 heterocycles. The first-order chi connectivity index (χ1) is 8.88. The van der Waals surface area contributed by atoms with Gasteiger partial charge in [0.25, 0.3) is 5.91 Å². The smallest absolute Gasteiger partial charge is 0.316 e. The quantitative estimate of drug-likeness (QED) is 0.639. The molecule has 1 saturated heterocycles. The topological polar surface area (TPSA) is 104 Å². The molecule has 0 aromatic rings. The molecule has 0 aromatic carbocycles. The number of amides is 1. The molecule has 1 unspecified atom stereocenters. The van der Waals surface area contributed by atoms with Crippen LogP contribution in [0, 0.1) is 5.92 Å². The number of carboxylic acid groups (broad SMARTS) is 1. The highest BCUT2D eigenvalue weighted by Gasteiger charge is 2.47. The van der Waals surface area contributed by atoms with Crippen molar-refractivity contribution in [2.24, 2.45) is 11.7 Å². The maximum atomic E-state index is 12.0. The third kappa shape index (κ3) is 1.96. The van der Waals surface area contributed by atoms with Crippen molar-refractivity contribution in [1.82, 2.24) is 10.0 Å². The largest absolute Gasteiger partial charge is 0.481 e. The first-order valence-corrected chi connectivity index (χ1v) is 5.82. The number of rotatable bonds is 4. The standard InChI is InChI=1S/C12H15N3O4/c1-3-7(12(18)19)10-8(6(2)16)4-14-5-9(13)11(17)15(10)14/h3,7,9H,1,4-5,13H2,2H3,(H,18,19)/t7?,9-/m0/s1. The number of hydrogen-bond acceptors (Lipinski definition) is 5. The molecule has 1 amide bonds. The van der Waals surface area contributed by atoms with Crippen LogP contribution in [-0.2, 0) is 14.4 Å². The molecular formula is C12H15N3O4. The summed E-state index contributed by atoms with van der Waals surface area (Å²) in [6.07, 6.45) is 1.21. The summed E-state index contributed by atoms with van der Waals surface area (Å²) in [5.41, 5.74) is 6.16. The predicted molar refractivity (Wildman–Crippen MR) is 65.4 cm³/mol. The van der Waals surface area contributed by atoms with Crippen molar-refractivity contribution in [2.75, 3.05) is 13.1 Å². The van der Waals surface area contributed by atoms with Crippen LogP contribution in [0.4, 0.5) is 0 Å². The summed E-state index contributed by atoms with van der Waals surface area (Å²) < 4.78 is 0. The first-order valence-electron chi connectivity index (χ1n) is 5.82. The van der Waals surface area contributed by atoms with Gasteiger partial charge in [0.2, 0.25) is 0 Å². The fourth-order valence-electron chi connectivity index (χ4n) is 2.42. The van der Waals surface area contributed by atoms with Crippen LogP contribution in [0.3, 0.4) is 0 Å². The first kappa shape index (κ1) is 13.4. The minimum absolute atomic E-state index is 0.174. The van der Waals surface area contributed by atoms with Crippen LogP contribution in [0.25, 0.3) is 0 Å². The van der Waals surface area contributed by atoms with E-state index in [1.165, 1.54) is 18.0 Å². The van der Waals surface area contributed by atoms with Gasteiger partial charge in [-0.25, -0.2) is 10.0 Å². The maximum Gasteiger partial charge on any atom is 0.316 e. The fourth-order valence-corrected chi connectivity index (χ4v) is 2.42. The molecular weight excluding hydrogens is 250 g/mol. The number of hydrazine groups is 1. The molecule has 2 atom stereocenters. The number of aliphatic carboxylic acids is 1. The lowest BCUT2D eigenvalue weighted by molar-refractivity contribution is -0.141. The molecule has 0 saturated carbocycles. The normalized spacial score (nSPS) is 24.6. The predicted octanol–water partition coefficient (Wildman–Crippen LogP) is -0.884. The molecule has 2 aliphatic rings. The second kappa shape index (κ2) is 4.60. The van der Waals surface area contributed by atoms with Gasteiger partial charge in [-0.05, 0) is 6.92 Å². The average Bonchev–Trinajstić information content (AvgIpc) is 2.79. The Balaban J connectivity index is 2.51.